The summed E-state index contributed by atoms with van der Waals surface area (Å²) < 4.78 is 5.31. The van der Waals surface area contributed by atoms with Crippen LogP contribution in [0.25, 0.3) is 0 Å². The van der Waals surface area contributed by atoms with Crippen LogP contribution in [-0.2, 0) is 19.4 Å². The zero-order chi connectivity index (χ0) is 18.4. The number of rotatable bonds is 7. The highest BCUT2D eigenvalue weighted by Gasteiger charge is 2.13. The Kier molecular flexibility index (Phi) is 5.69. The van der Waals surface area contributed by atoms with Crippen LogP contribution in [0.1, 0.15) is 41.2 Å². The van der Waals surface area contributed by atoms with Gasteiger partial charge in [-0.05, 0) is 48.2 Å². The molecule has 1 amide bonds. The second kappa shape index (κ2) is 8.34. The molecule has 3 aromatic rings. The number of pyridine rings is 1. The molecule has 1 aromatic carbocycles. The normalized spacial score (nSPS) is 10.5. The van der Waals surface area contributed by atoms with Gasteiger partial charge in [-0.3, -0.25) is 9.78 Å². The third kappa shape index (κ3) is 4.11. The summed E-state index contributed by atoms with van der Waals surface area (Å²) in [6.07, 6.45) is 4.99. The molecule has 0 aliphatic rings. The molecule has 5 nitrogen and oxygen atoms in total. The molecule has 0 spiro atoms. The van der Waals surface area contributed by atoms with Gasteiger partial charge in [0.2, 0.25) is 0 Å². The maximum atomic E-state index is 12.7. The molecule has 0 radical (unpaired) electrons. The molecule has 0 saturated carbocycles. The summed E-state index contributed by atoms with van der Waals surface area (Å²) in [5.41, 5.74) is 4.36. The van der Waals surface area contributed by atoms with E-state index in [1.165, 1.54) is 0 Å². The number of amides is 1. The standard InChI is InChI=1S/C21H23N3O2/c1-3-15-7-5-8-16(4-2)20(15)24-21(25)19-13-17(10-11-22-19)23-14-18-9-6-12-26-18/h5-13H,3-4,14H2,1-2H3,(H,22,23)(H,24,25). The number of nitrogens with zero attached hydrogens (tertiary/aromatic N) is 1. The minimum Gasteiger partial charge on any atom is -0.467 e. The third-order valence-electron chi connectivity index (χ3n) is 4.28. The molecule has 0 bridgehead atoms. The van der Waals surface area contributed by atoms with Crippen LogP contribution in [-0.4, -0.2) is 10.9 Å². The highest BCUT2D eigenvalue weighted by atomic mass is 16.3. The first kappa shape index (κ1) is 17.7. The van der Waals surface area contributed by atoms with Crippen molar-refractivity contribution in [3.63, 3.8) is 0 Å². The highest BCUT2D eigenvalue weighted by Crippen LogP contribution is 2.23. The van der Waals surface area contributed by atoms with Crippen LogP contribution < -0.4 is 10.6 Å². The molecule has 0 atom stereocenters. The molecule has 2 N–H and O–H groups in total. The van der Waals surface area contributed by atoms with Gasteiger partial charge in [0.05, 0.1) is 12.8 Å². The van der Waals surface area contributed by atoms with Crippen molar-refractivity contribution >= 4 is 17.3 Å². The Bertz CT molecular complexity index is 850. The summed E-state index contributed by atoms with van der Waals surface area (Å²) in [5, 5.41) is 6.28. The Balaban J connectivity index is 1.75. The highest BCUT2D eigenvalue weighted by molar-refractivity contribution is 6.04. The van der Waals surface area contributed by atoms with E-state index in [0.29, 0.717) is 12.2 Å². The van der Waals surface area contributed by atoms with Gasteiger partial charge in [-0.25, -0.2) is 0 Å². The number of aryl methyl sites for hydroxylation is 2. The molecule has 0 fully saturated rings. The molecule has 0 aliphatic heterocycles. The van der Waals surface area contributed by atoms with E-state index in [9.17, 15) is 4.79 Å². The Morgan fingerprint density at radius 1 is 1.08 bits per heavy atom. The SMILES string of the molecule is CCc1cccc(CC)c1NC(=O)c1cc(NCc2ccco2)ccn1. The number of hydrogen-bond donors (Lipinski definition) is 2. The minimum absolute atomic E-state index is 0.206. The summed E-state index contributed by atoms with van der Waals surface area (Å²) in [7, 11) is 0. The van der Waals surface area contributed by atoms with E-state index in [1.54, 1.807) is 18.5 Å². The molecule has 3 rings (SSSR count). The zero-order valence-electron chi connectivity index (χ0n) is 15.1. The van der Waals surface area contributed by atoms with Gasteiger partial charge in [-0.2, -0.15) is 0 Å². The van der Waals surface area contributed by atoms with Crippen LogP contribution in [0.15, 0.2) is 59.3 Å². The number of furan rings is 1. The van der Waals surface area contributed by atoms with Crippen LogP contribution in [0.5, 0.6) is 0 Å². The molecule has 0 unspecified atom stereocenters. The summed E-state index contributed by atoms with van der Waals surface area (Å²) in [6, 6.07) is 13.4. The molecule has 0 saturated heterocycles. The van der Waals surface area contributed by atoms with E-state index in [4.69, 9.17) is 4.42 Å². The quantitative estimate of drug-likeness (QED) is 0.651. The first-order valence-electron chi connectivity index (χ1n) is 8.85. The van der Waals surface area contributed by atoms with Gasteiger partial charge in [-0.1, -0.05) is 32.0 Å². The Labute approximate surface area is 153 Å². The lowest BCUT2D eigenvalue weighted by Gasteiger charge is -2.14. The van der Waals surface area contributed by atoms with E-state index in [0.717, 1.165) is 41.1 Å². The van der Waals surface area contributed by atoms with Crippen molar-refractivity contribution in [1.29, 1.82) is 0 Å². The van der Waals surface area contributed by atoms with Crippen LogP contribution in [0.3, 0.4) is 0 Å². The van der Waals surface area contributed by atoms with Crippen molar-refractivity contribution in [2.24, 2.45) is 0 Å². The lowest BCUT2D eigenvalue weighted by atomic mass is 10.0. The van der Waals surface area contributed by atoms with Gasteiger partial charge in [-0.15, -0.1) is 0 Å². The number of para-hydroxylation sites is 1. The lowest BCUT2D eigenvalue weighted by Crippen LogP contribution is -2.16. The predicted molar refractivity (Wildman–Crippen MR) is 103 cm³/mol. The van der Waals surface area contributed by atoms with Crippen LogP contribution >= 0.6 is 0 Å². The first-order chi connectivity index (χ1) is 12.7. The van der Waals surface area contributed by atoms with E-state index < -0.39 is 0 Å². The van der Waals surface area contributed by atoms with Gasteiger partial charge in [0.25, 0.3) is 5.91 Å². The molecular weight excluding hydrogens is 326 g/mol. The van der Waals surface area contributed by atoms with Crippen LogP contribution in [0.2, 0.25) is 0 Å². The molecular formula is C21H23N3O2. The van der Waals surface area contributed by atoms with Gasteiger partial charge >= 0.3 is 0 Å². The molecule has 2 heterocycles. The number of anilines is 2. The molecule has 26 heavy (non-hydrogen) atoms. The van der Waals surface area contributed by atoms with Crippen molar-refractivity contribution in [3.05, 3.63) is 77.5 Å². The third-order valence-corrected chi connectivity index (χ3v) is 4.28. The molecule has 0 aliphatic carbocycles. The van der Waals surface area contributed by atoms with Crippen molar-refractivity contribution in [2.75, 3.05) is 10.6 Å². The molecule has 134 valence electrons. The topological polar surface area (TPSA) is 67.2 Å². The summed E-state index contributed by atoms with van der Waals surface area (Å²) in [5.74, 6) is 0.625. The number of hydrogen-bond acceptors (Lipinski definition) is 4. The fourth-order valence-corrected chi connectivity index (χ4v) is 2.85. The van der Waals surface area contributed by atoms with Crippen LogP contribution in [0, 0.1) is 0 Å². The largest absolute Gasteiger partial charge is 0.467 e. The number of carbonyl (C=O) groups is 1. The lowest BCUT2D eigenvalue weighted by molar-refractivity contribution is 0.102. The van der Waals surface area contributed by atoms with Gasteiger partial charge < -0.3 is 15.1 Å². The maximum Gasteiger partial charge on any atom is 0.274 e. The van der Waals surface area contributed by atoms with Gasteiger partial charge in [0.15, 0.2) is 0 Å². The average Bonchev–Trinajstić information content (AvgIpc) is 3.20. The fraction of sp³-hybridized carbons (Fsp3) is 0.238. The van der Waals surface area contributed by atoms with Crippen molar-refractivity contribution in [2.45, 2.75) is 33.2 Å². The van der Waals surface area contributed by atoms with Crippen molar-refractivity contribution < 1.29 is 9.21 Å². The Morgan fingerprint density at radius 2 is 1.85 bits per heavy atom. The summed E-state index contributed by atoms with van der Waals surface area (Å²) in [6.45, 7) is 4.72. The smallest absolute Gasteiger partial charge is 0.274 e. The number of benzene rings is 1. The predicted octanol–water partition coefficient (Wildman–Crippen LogP) is 4.66. The summed E-state index contributed by atoms with van der Waals surface area (Å²) >= 11 is 0. The fourth-order valence-electron chi connectivity index (χ4n) is 2.85. The first-order valence-corrected chi connectivity index (χ1v) is 8.85. The number of nitrogens with one attached hydrogen (secondary N) is 2. The van der Waals surface area contributed by atoms with E-state index in [-0.39, 0.29) is 5.91 Å². The van der Waals surface area contributed by atoms with Crippen LogP contribution in [0.4, 0.5) is 11.4 Å². The van der Waals surface area contributed by atoms with Crippen molar-refractivity contribution in [3.8, 4) is 0 Å². The molecule has 2 aromatic heterocycles. The molecule has 5 heteroatoms. The van der Waals surface area contributed by atoms with E-state index >= 15 is 0 Å². The number of aromatic nitrogens is 1. The Hall–Kier alpha value is -3.08. The van der Waals surface area contributed by atoms with Gasteiger partial charge in [0, 0.05) is 17.6 Å². The van der Waals surface area contributed by atoms with Crippen molar-refractivity contribution in [1.82, 2.24) is 4.98 Å². The van der Waals surface area contributed by atoms with E-state index in [1.807, 2.05) is 36.4 Å². The number of carbonyl (C=O) groups excluding carboxylic acids is 1. The monoisotopic (exact) mass is 349 g/mol. The average molecular weight is 349 g/mol. The van der Waals surface area contributed by atoms with E-state index in [2.05, 4.69) is 29.5 Å². The second-order valence-corrected chi connectivity index (χ2v) is 5.98. The minimum atomic E-state index is -0.206. The maximum absolute atomic E-state index is 12.7. The van der Waals surface area contributed by atoms with Gasteiger partial charge in [0.1, 0.15) is 11.5 Å². The second-order valence-electron chi connectivity index (χ2n) is 5.98. The summed E-state index contributed by atoms with van der Waals surface area (Å²) in [4.78, 5) is 16.9. The Morgan fingerprint density at radius 3 is 2.50 bits per heavy atom. The zero-order valence-corrected chi connectivity index (χ0v) is 15.1.